The SMILES string of the molecule is CC1CN(c2cccc3nnccc23)CC(C)N1C(=O)OC(C)(C)C. The van der Waals surface area contributed by atoms with E-state index in [1.54, 1.807) is 6.20 Å². The monoisotopic (exact) mass is 342 g/mol. The molecule has 1 aliphatic rings. The van der Waals surface area contributed by atoms with Crippen molar-refractivity contribution in [3.05, 3.63) is 30.5 Å². The number of ether oxygens (including phenoxy) is 1. The van der Waals surface area contributed by atoms with E-state index < -0.39 is 5.60 Å². The highest BCUT2D eigenvalue weighted by atomic mass is 16.6. The fourth-order valence-electron chi connectivity index (χ4n) is 3.47. The number of fused-ring (bicyclic) bond motifs is 1. The predicted molar refractivity (Wildman–Crippen MR) is 98.7 cm³/mol. The van der Waals surface area contributed by atoms with E-state index in [0.717, 1.165) is 29.7 Å². The smallest absolute Gasteiger partial charge is 0.410 e. The van der Waals surface area contributed by atoms with Crippen LogP contribution in [0.5, 0.6) is 0 Å². The molecule has 134 valence electrons. The Morgan fingerprint density at radius 1 is 1.16 bits per heavy atom. The highest BCUT2D eigenvalue weighted by Gasteiger charge is 2.35. The van der Waals surface area contributed by atoms with E-state index in [0.29, 0.717) is 0 Å². The second-order valence-electron chi connectivity index (χ2n) is 7.73. The highest BCUT2D eigenvalue weighted by molar-refractivity contribution is 5.91. The maximum atomic E-state index is 12.6. The van der Waals surface area contributed by atoms with Crippen LogP contribution < -0.4 is 4.90 Å². The van der Waals surface area contributed by atoms with Gasteiger partial charge in [-0.2, -0.15) is 10.2 Å². The van der Waals surface area contributed by atoms with E-state index in [9.17, 15) is 4.79 Å². The molecule has 1 amide bonds. The second-order valence-corrected chi connectivity index (χ2v) is 7.73. The van der Waals surface area contributed by atoms with Crippen LogP contribution in [0.1, 0.15) is 34.6 Å². The van der Waals surface area contributed by atoms with Crippen molar-refractivity contribution in [1.82, 2.24) is 15.1 Å². The van der Waals surface area contributed by atoms with Crippen LogP contribution in [0.3, 0.4) is 0 Å². The van der Waals surface area contributed by atoms with Crippen LogP contribution in [0.15, 0.2) is 30.5 Å². The molecular formula is C19H26N4O2. The molecule has 2 unspecified atom stereocenters. The Kier molecular flexibility index (Phi) is 4.54. The minimum atomic E-state index is -0.484. The van der Waals surface area contributed by atoms with Gasteiger partial charge in [-0.15, -0.1) is 0 Å². The van der Waals surface area contributed by atoms with Gasteiger partial charge in [0.2, 0.25) is 0 Å². The van der Waals surface area contributed by atoms with E-state index in [4.69, 9.17) is 4.74 Å². The number of hydrogen-bond donors (Lipinski definition) is 0. The Morgan fingerprint density at radius 3 is 2.48 bits per heavy atom. The largest absolute Gasteiger partial charge is 0.444 e. The average molecular weight is 342 g/mol. The predicted octanol–water partition coefficient (Wildman–Crippen LogP) is 3.46. The van der Waals surface area contributed by atoms with Gasteiger partial charge in [0.15, 0.2) is 0 Å². The number of hydrogen-bond acceptors (Lipinski definition) is 5. The molecule has 2 atom stereocenters. The lowest BCUT2D eigenvalue weighted by Crippen LogP contribution is -2.59. The van der Waals surface area contributed by atoms with E-state index in [1.165, 1.54) is 0 Å². The third-order valence-electron chi connectivity index (χ3n) is 4.40. The van der Waals surface area contributed by atoms with Gasteiger partial charge in [0, 0.05) is 24.2 Å². The number of carbonyl (C=O) groups is 1. The third kappa shape index (κ3) is 3.67. The molecule has 2 aromatic rings. The van der Waals surface area contributed by atoms with Crippen LogP contribution in [0.2, 0.25) is 0 Å². The van der Waals surface area contributed by atoms with Gasteiger partial charge in [0.25, 0.3) is 0 Å². The molecule has 2 heterocycles. The number of carbonyl (C=O) groups excluding carboxylic acids is 1. The average Bonchev–Trinajstić information content (AvgIpc) is 2.52. The number of nitrogens with zero attached hydrogens (tertiary/aromatic N) is 4. The van der Waals surface area contributed by atoms with Crippen LogP contribution >= 0.6 is 0 Å². The molecule has 1 aromatic carbocycles. The van der Waals surface area contributed by atoms with Crippen molar-refractivity contribution in [1.29, 1.82) is 0 Å². The van der Waals surface area contributed by atoms with E-state index in [1.807, 2.05) is 43.9 Å². The molecule has 0 aliphatic carbocycles. The standard InChI is InChI=1S/C19H26N4O2/c1-13-11-22(12-14(2)23(13)18(24)25-19(3,4)5)17-8-6-7-16-15(17)9-10-20-21-16/h6-10,13-14H,11-12H2,1-5H3. The zero-order chi connectivity index (χ0) is 18.2. The third-order valence-corrected chi connectivity index (χ3v) is 4.40. The Bertz CT molecular complexity index is 754. The van der Waals surface area contributed by atoms with E-state index in [-0.39, 0.29) is 18.2 Å². The molecule has 3 rings (SSSR count). The molecule has 1 aliphatic heterocycles. The van der Waals surface area contributed by atoms with Crippen LogP contribution in [-0.4, -0.2) is 52.0 Å². The summed E-state index contributed by atoms with van der Waals surface area (Å²) in [6.07, 6.45) is 1.48. The topological polar surface area (TPSA) is 58.6 Å². The lowest BCUT2D eigenvalue weighted by molar-refractivity contribution is 0.00568. The van der Waals surface area contributed by atoms with Crippen molar-refractivity contribution in [2.24, 2.45) is 0 Å². The van der Waals surface area contributed by atoms with Crippen molar-refractivity contribution in [3.63, 3.8) is 0 Å². The zero-order valence-corrected chi connectivity index (χ0v) is 15.6. The molecule has 0 spiro atoms. The molecular weight excluding hydrogens is 316 g/mol. The lowest BCUT2D eigenvalue weighted by atomic mass is 10.1. The van der Waals surface area contributed by atoms with Gasteiger partial charge in [-0.3, -0.25) is 4.90 Å². The minimum Gasteiger partial charge on any atom is -0.444 e. The van der Waals surface area contributed by atoms with Gasteiger partial charge in [-0.25, -0.2) is 4.79 Å². The van der Waals surface area contributed by atoms with Crippen molar-refractivity contribution in [3.8, 4) is 0 Å². The summed E-state index contributed by atoms with van der Waals surface area (Å²) in [5.74, 6) is 0. The van der Waals surface area contributed by atoms with Crippen LogP contribution in [0, 0.1) is 0 Å². The van der Waals surface area contributed by atoms with E-state index in [2.05, 4.69) is 35.0 Å². The first-order valence-corrected chi connectivity index (χ1v) is 8.73. The summed E-state index contributed by atoms with van der Waals surface area (Å²) in [6.45, 7) is 11.3. The molecule has 1 aromatic heterocycles. The number of aromatic nitrogens is 2. The molecule has 0 saturated carbocycles. The van der Waals surface area contributed by atoms with E-state index >= 15 is 0 Å². The Balaban J connectivity index is 1.83. The lowest BCUT2D eigenvalue weighted by Gasteiger charge is -2.45. The van der Waals surface area contributed by atoms with Crippen LogP contribution in [-0.2, 0) is 4.74 Å². The first-order valence-electron chi connectivity index (χ1n) is 8.73. The van der Waals surface area contributed by atoms with Gasteiger partial charge in [0.1, 0.15) is 5.60 Å². The summed E-state index contributed by atoms with van der Waals surface area (Å²) in [5, 5.41) is 9.24. The highest BCUT2D eigenvalue weighted by Crippen LogP contribution is 2.29. The summed E-state index contributed by atoms with van der Waals surface area (Å²) in [7, 11) is 0. The van der Waals surface area contributed by atoms with Crippen molar-refractivity contribution < 1.29 is 9.53 Å². The number of anilines is 1. The molecule has 1 saturated heterocycles. The van der Waals surface area contributed by atoms with Crippen molar-refractivity contribution in [2.75, 3.05) is 18.0 Å². The maximum absolute atomic E-state index is 12.6. The minimum absolute atomic E-state index is 0.0589. The maximum Gasteiger partial charge on any atom is 0.410 e. The summed E-state index contributed by atoms with van der Waals surface area (Å²) in [5.41, 5.74) is 1.53. The number of amides is 1. The van der Waals surface area contributed by atoms with Crippen molar-refractivity contribution >= 4 is 22.7 Å². The van der Waals surface area contributed by atoms with Gasteiger partial charge >= 0.3 is 6.09 Å². The van der Waals surface area contributed by atoms with Gasteiger partial charge in [-0.05, 0) is 52.8 Å². The summed E-state index contributed by atoms with van der Waals surface area (Å²) >= 11 is 0. The molecule has 0 radical (unpaired) electrons. The Hall–Kier alpha value is -2.37. The summed E-state index contributed by atoms with van der Waals surface area (Å²) in [6, 6.07) is 8.18. The zero-order valence-electron chi connectivity index (χ0n) is 15.6. The molecule has 25 heavy (non-hydrogen) atoms. The van der Waals surface area contributed by atoms with Crippen LogP contribution in [0.4, 0.5) is 10.5 Å². The summed E-state index contributed by atoms with van der Waals surface area (Å²) in [4.78, 5) is 16.7. The Labute approximate surface area is 148 Å². The van der Waals surface area contributed by atoms with Crippen LogP contribution in [0.25, 0.3) is 10.9 Å². The molecule has 0 N–H and O–H groups in total. The molecule has 6 heteroatoms. The van der Waals surface area contributed by atoms with Gasteiger partial charge < -0.3 is 9.64 Å². The number of rotatable bonds is 1. The fourth-order valence-corrected chi connectivity index (χ4v) is 3.47. The second kappa shape index (κ2) is 6.50. The molecule has 6 nitrogen and oxygen atoms in total. The normalized spacial score (nSPS) is 21.5. The number of piperazine rings is 1. The Morgan fingerprint density at radius 2 is 1.84 bits per heavy atom. The molecule has 0 bridgehead atoms. The fraction of sp³-hybridized carbons (Fsp3) is 0.526. The quantitative estimate of drug-likeness (QED) is 0.794. The number of benzene rings is 1. The first kappa shape index (κ1) is 17.5. The van der Waals surface area contributed by atoms with Gasteiger partial charge in [0.05, 0.1) is 23.8 Å². The molecule has 1 fully saturated rings. The first-order chi connectivity index (χ1) is 11.8. The van der Waals surface area contributed by atoms with Crippen molar-refractivity contribution in [2.45, 2.75) is 52.3 Å². The van der Waals surface area contributed by atoms with Gasteiger partial charge in [-0.1, -0.05) is 6.07 Å². The summed E-state index contributed by atoms with van der Waals surface area (Å²) < 4.78 is 5.58.